The Hall–Kier alpha value is -2.61. The van der Waals surface area contributed by atoms with Gasteiger partial charge in [0.15, 0.2) is 0 Å². The SMILES string of the molecule is BrCc1cccc(Br)c1.N=c1n(CCCOc2ccccc2)c2ccccc2n1Cc1ccc(Br)cc1. The first-order valence-electron chi connectivity index (χ1n) is 12.0. The monoisotopic (exact) mass is 683 g/mol. The summed E-state index contributed by atoms with van der Waals surface area (Å²) in [5.74, 6) is 0.885. The number of ether oxygens (including phenoxy) is 1. The van der Waals surface area contributed by atoms with Gasteiger partial charge < -0.3 is 13.9 Å². The molecule has 0 saturated carbocycles. The fraction of sp³-hybridized carbons (Fsp3) is 0.167. The highest BCUT2D eigenvalue weighted by Gasteiger charge is 2.11. The van der Waals surface area contributed by atoms with Gasteiger partial charge in [0.2, 0.25) is 5.62 Å². The van der Waals surface area contributed by atoms with Gasteiger partial charge in [0.25, 0.3) is 0 Å². The van der Waals surface area contributed by atoms with Crippen LogP contribution in [-0.4, -0.2) is 15.7 Å². The van der Waals surface area contributed by atoms with Crippen LogP contribution < -0.4 is 10.4 Å². The molecular formula is C30H28Br3N3O. The highest BCUT2D eigenvalue weighted by molar-refractivity contribution is 9.10. The van der Waals surface area contributed by atoms with Crippen molar-refractivity contribution in [1.82, 2.24) is 9.13 Å². The molecule has 0 fully saturated rings. The zero-order chi connectivity index (χ0) is 26.0. The second-order valence-electron chi connectivity index (χ2n) is 8.46. The maximum Gasteiger partial charge on any atom is 0.203 e. The lowest BCUT2D eigenvalue weighted by atomic mass is 10.2. The third-order valence-corrected chi connectivity index (χ3v) is 7.48. The quantitative estimate of drug-likeness (QED) is 0.129. The van der Waals surface area contributed by atoms with E-state index in [1.54, 1.807) is 0 Å². The van der Waals surface area contributed by atoms with Gasteiger partial charge in [-0.15, -0.1) is 0 Å². The molecule has 5 rings (SSSR count). The van der Waals surface area contributed by atoms with Gasteiger partial charge in [0.05, 0.1) is 24.2 Å². The van der Waals surface area contributed by atoms with Crippen LogP contribution in [0.1, 0.15) is 17.5 Å². The number of benzene rings is 4. The number of hydrogen-bond donors (Lipinski definition) is 1. The van der Waals surface area contributed by atoms with Crippen LogP contribution in [-0.2, 0) is 18.4 Å². The second-order valence-corrected chi connectivity index (χ2v) is 10.8. The highest BCUT2D eigenvalue weighted by atomic mass is 79.9. The number of halogens is 3. The largest absolute Gasteiger partial charge is 0.494 e. The van der Waals surface area contributed by atoms with Crippen LogP contribution in [0.3, 0.4) is 0 Å². The van der Waals surface area contributed by atoms with Crippen molar-refractivity contribution in [1.29, 1.82) is 5.41 Å². The summed E-state index contributed by atoms with van der Waals surface area (Å²) in [6.07, 6.45) is 0.845. The molecule has 0 aliphatic heterocycles. The third-order valence-electron chi connectivity index (χ3n) is 5.81. The van der Waals surface area contributed by atoms with Crippen molar-refractivity contribution in [2.24, 2.45) is 0 Å². The Labute approximate surface area is 242 Å². The second kappa shape index (κ2) is 13.8. The summed E-state index contributed by atoms with van der Waals surface area (Å²) >= 11 is 10.2. The van der Waals surface area contributed by atoms with Crippen LogP contribution in [0.25, 0.3) is 11.0 Å². The van der Waals surface area contributed by atoms with Crippen LogP contribution in [0.5, 0.6) is 5.75 Å². The Balaban J connectivity index is 0.000000301. The molecule has 0 bridgehead atoms. The third kappa shape index (κ3) is 7.69. The molecule has 190 valence electrons. The predicted molar refractivity (Wildman–Crippen MR) is 162 cm³/mol. The Bertz CT molecular complexity index is 1480. The Kier molecular flexibility index (Phi) is 10.2. The molecular weight excluding hydrogens is 658 g/mol. The normalized spacial score (nSPS) is 10.7. The molecule has 0 aliphatic carbocycles. The van der Waals surface area contributed by atoms with Gasteiger partial charge in [-0.1, -0.05) is 102 Å². The summed E-state index contributed by atoms with van der Waals surface area (Å²) in [5.41, 5.74) is 5.16. The van der Waals surface area contributed by atoms with Crippen molar-refractivity contribution in [2.45, 2.75) is 24.8 Å². The highest BCUT2D eigenvalue weighted by Crippen LogP contribution is 2.17. The molecule has 1 heterocycles. The van der Waals surface area contributed by atoms with E-state index in [0.717, 1.165) is 44.0 Å². The van der Waals surface area contributed by atoms with Crippen LogP contribution in [0.15, 0.2) is 112 Å². The topological polar surface area (TPSA) is 42.9 Å². The van der Waals surface area contributed by atoms with Gasteiger partial charge in [-0.2, -0.15) is 0 Å². The Morgan fingerprint density at radius 1 is 0.676 bits per heavy atom. The van der Waals surface area contributed by atoms with Gasteiger partial charge >= 0.3 is 0 Å². The number of imidazole rings is 1. The van der Waals surface area contributed by atoms with E-state index in [1.807, 2.05) is 66.7 Å². The summed E-state index contributed by atoms with van der Waals surface area (Å²) in [5, 5.41) is 9.66. The number of rotatable bonds is 8. The molecule has 4 nitrogen and oxygen atoms in total. The number of aryl methyl sites for hydroxylation is 1. The van der Waals surface area contributed by atoms with E-state index in [0.29, 0.717) is 18.8 Å². The molecule has 5 aromatic rings. The maximum absolute atomic E-state index is 8.74. The average Bonchev–Trinajstić information content (AvgIpc) is 3.19. The predicted octanol–water partition coefficient (Wildman–Crippen LogP) is 8.55. The zero-order valence-electron chi connectivity index (χ0n) is 20.3. The van der Waals surface area contributed by atoms with E-state index in [1.165, 1.54) is 11.1 Å². The van der Waals surface area contributed by atoms with Crippen molar-refractivity contribution in [3.63, 3.8) is 0 Å². The first-order valence-corrected chi connectivity index (χ1v) is 14.7. The van der Waals surface area contributed by atoms with Gasteiger partial charge in [-0.25, -0.2) is 0 Å². The minimum Gasteiger partial charge on any atom is -0.494 e. The fourth-order valence-electron chi connectivity index (χ4n) is 4.00. The van der Waals surface area contributed by atoms with Crippen LogP contribution in [0, 0.1) is 5.41 Å². The van der Waals surface area contributed by atoms with E-state index in [-0.39, 0.29) is 0 Å². The van der Waals surface area contributed by atoms with E-state index < -0.39 is 0 Å². The van der Waals surface area contributed by atoms with E-state index in [4.69, 9.17) is 10.1 Å². The lowest BCUT2D eigenvalue weighted by Gasteiger charge is -2.07. The van der Waals surface area contributed by atoms with E-state index in [2.05, 4.69) is 93.3 Å². The summed E-state index contributed by atoms with van der Waals surface area (Å²) in [7, 11) is 0. The molecule has 1 N–H and O–H groups in total. The Morgan fingerprint density at radius 3 is 2.00 bits per heavy atom. The van der Waals surface area contributed by atoms with Crippen molar-refractivity contribution in [3.8, 4) is 5.75 Å². The molecule has 7 heteroatoms. The molecule has 0 aliphatic rings. The number of nitrogens with one attached hydrogen (secondary N) is 1. The van der Waals surface area contributed by atoms with Crippen molar-refractivity contribution < 1.29 is 4.74 Å². The van der Waals surface area contributed by atoms with Gasteiger partial charge in [-0.3, -0.25) is 5.41 Å². The van der Waals surface area contributed by atoms with Crippen molar-refractivity contribution in [2.75, 3.05) is 6.61 Å². The smallest absolute Gasteiger partial charge is 0.203 e. The lowest BCUT2D eigenvalue weighted by Crippen LogP contribution is -2.25. The Morgan fingerprint density at radius 2 is 1.35 bits per heavy atom. The first kappa shape index (κ1) is 27.4. The standard InChI is InChI=1S/C23H22BrN3O.C7H6Br2/c24-19-13-11-18(12-14-19)17-27-22-10-5-4-9-21(22)26(23(27)25)15-6-16-28-20-7-2-1-3-8-20;8-5-6-2-1-3-7(9)4-6/h1-5,7-14,25H,6,15-17H2;1-4H,5H2. The lowest BCUT2D eigenvalue weighted by molar-refractivity contribution is 0.301. The number of fused-ring (bicyclic) bond motifs is 1. The number of hydrogen-bond acceptors (Lipinski definition) is 2. The van der Waals surface area contributed by atoms with Gasteiger partial charge in [0.1, 0.15) is 5.75 Å². The fourth-order valence-corrected chi connectivity index (χ4v) is 5.06. The maximum atomic E-state index is 8.74. The van der Waals surface area contributed by atoms with E-state index in [9.17, 15) is 0 Å². The number of alkyl halides is 1. The summed E-state index contributed by atoms with van der Waals surface area (Å²) in [6, 6.07) is 34.6. The van der Waals surface area contributed by atoms with Gasteiger partial charge in [-0.05, 0) is 66.1 Å². The van der Waals surface area contributed by atoms with Crippen LogP contribution in [0.4, 0.5) is 0 Å². The van der Waals surface area contributed by atoms with Crippen molar-refractivity contribution in [3.05, 3.63) is 129 Å². The minimum absolute atomic E-state index is 0.517. The molecule has 0 saturated heterocycles. The summed E-state index contributed by atoms with van der Waals surface area (Å²) in [4.78, 5) is 0. The summed E-state index contributed by atoms with van der Waals surface area (Å²) in [6.45, 7) is 2.06. The van der Waals surface area contributed by atoms with Crippen molar-refractivity contribution >= 4 is 58.8 Å². The van der Waals surface area contributed by atoms with E-state index >= 15 is 0 Å². The average molecular weight is 686 g/mol. The zero-order valence-corrected chi connectivity index (χ0v) is 25.0. The van der Waals surface area contributed by atoms with Crippen LogP contribution >= 0.6 is 47.8 Å². The molecule has 37 heavy (non-hydrogen) atoms. The molecule has 0 spiro atoms. The number of nitrogens with zero attached hydrogens (tertiary/aromatic N) is 2. The first-order chi connectivity index (χ1) is 18.0. The number of aromatic nitrogens is 2. The van der Waals surface area contributed by atoms with Crippen LogP contribution in [0.2, 0.25) is 0 Å². The summed E-state index contributed by atoms with van der Waals surface area (Å²) < 4.78 is 12.1. The number of para-hydroxylation sites is 3. The molecule has 1 aromatic heterocycles. The van der Waals surface area contributed by atoms with Gasteiger partial charge in [0, 0.05) is 20.8 Å². The minimum atomic E-state index is 0.517. The molecule has 0 radical (unpaired) electrons. The molecule has 0 amide bonds. The molecule has 4 aromatic carbocycles. The molecule has 0 atom stereocenters. The molecule has 0 unspecified atom stereocenters.